The lowest BCUT2D eigenvalue weighted by molar-refractivity contribution is 0.0315. The van der Waals surface area contributed by atoms with Crippen LogP contribution in [0.4, 0.5) is 5.82 Å². The highest BCUT2D eigenvalue weighted by molar-refractivity contribution is 6.39. The Morgan fingerprint density at radius 2 is 1.72 bits per heavy atom. The van der Waals surface area contributed by atoms with Crippen molar-refractivity contribution in [1.82, 2.24) is 14.4 Å². The van der Waals surface area contributed by atoms with Crippen LogP contribution in [0.5, 0.6) is 0 Å². The Kier molecular flexibility index (Phi) is 5.37. The predicted molar refractivity (Wildman–Crippen MR) is 132 cm³/mol. The summed E-state index contributed by atoms with van der Waals surface area (Å²) < 4.78 is 7.88. The first-order chi connectivity index (χ1) is 15.5. The van der Waals surface area contributed by atoms with Gasteiger partial charge in [0.2, 0.25) is 5.78 Å². The van der Waals surface area contributed by atoms with Gasteiger partial charge in [0, 0.05) is 24.7 Å². The van der Waals surface area contributed by atoms with Crippen LogP contribution < -0.4 is 4.90 Å². The number of fused-ring (bicyclic) bond motifs is 3. The highest BCUT2D eigenvalue weighted by Gasteiger charge is 2.30. The van der Waals surface area contributed by atoms with Crippen molar-refractivity contribution >= 4 is 44.3 Å². The highest BCUT2D eigenvalue weighted by Crippen LogP contribution is 2.29. The van der Waals surface area contributed by atoms with Gasteiger partial charge in [-0.3, -0.25) is 4.40 Å². The van der Waals surface area contributed by atoms with Gasteiger partial charge >= 0.3 is 5.97 Å². The van der Waals surface area contributed by atoms with E-state index in [0.29, 0.717) is 11.5 Å². The largest absolute Gasteiger partial charge is 0.474 e. The lowest BCUT2D eigenvalue weighted by Crippen LogP contribution is -2.42. The third-order valence-corrected chi connectivity index (χ3v) is 6.26. The lowest BCUT2D eigenvalue weighted by Gasteiger charge is -2.36. The zero-order valence-electron chi connectivity index (χ0n) is 18.6. The van der Waals surface area contributed by atoms with Crippen molar-refractivity contribution in [3.8, 4) is 0 Å². The average Bonchev–Trinajstić information content (AvgIpc) is 3.17. The fraction of sp³-hybridized carbons (Fsp3) is 0.292. The maximum atomic E-state index is 12.5. The molecule has 0 saturated carbocycles. The number of imidazole rings is 1. The van der Waals surface area contributed by atoms with E-state index in [0.717, 1.165) is 55.0 Å². The zero-order valence-corrected chi connectivity index (χ0v) is 18.6. The molecular formula is C24H26B2N4O2. The van der Waals surface area contributed by atoms with E-state index in [4.69, 9.17) is 9.72 Å². The Morgan fingerprint density at radius 3 is 2.50 bits per heavy atom. The molecule has 1 aliphatic rings. The number of nitrogens with zero attached hydrogens (tertiary/aromatic N) is 4. The minimum atomic E-state index is -0.493. The first kappa shape index (κ1) is 20.6. The number of esters is 1. The van der Waals surface area contributed by atoms with Gasteiger partial charge in [-0.15, -0.1) is 0 Å². The van der Waals surface area contributed by atoms with Gasteiger partial charge in [0.15, 0.2) is 0 Å². The quantitative estimate of drug-likeness (QED) is 0.364. The van der Waals surface area contributed by atoms with Gasteiger partial charge < -0.3 is 9.64 Å². The highest BCUT2D eigenvalue weighted by atomic mass is 16.5. The fourth-order valence-electron chi connectivity index (χ4n) is 4.70. The van der Waals surface area contributed by atoms with E-state index in [1.165, 1.54) is 0 Å². The van der Waals surface area contributed by atoms with Crippen molar-refractivity contribution in [1.29, 1.82) is 0 Å². The van der Waals surface area contributed by atoms with E-state index in [1.807, 2.05) is 56.5 Å². The molecule has 0 N–H and O–H groups in total. The SMILES string of the molecule is BC(B)(CC1CCN(c2ccn3c(n2)nc2ccccc23)CC1)OC(=O)c1ccccc1. The topological polar surface area (TPSA) is 59.7 Å². The van der Waals surface area contributed by atoms with Gasteiger partial charge in [0.25, 0.3) is 0 Å². The first-order valence-electron chi connectivity index (χ1n) is 11.3. The van der Waals surface area contributed by atoms with Crippen LogP contribution in [0.2, 0.25) is 0 Å². The summed E-state index contributed by atoms with van der Waals surface area (Å²) >= 11 is 0. The number of hydrogen-bond acceptors (Lipinski definition) is 5. The number of piperidine rings is 1. The van der Waals surface area contributed by atoms with Gasteiger partial charge in [-0.2, -0.15) is 4.98 Å². The molecule has 2 aromatic heterocycles. The molecule has 8 heteroatoms. The Hall–Kier alpha value is -3.28. The molecule has 0 unspecified atom stereocenters. The van der Waals surface area contributed by atoms with Crippen molar-refractivity contribution in [2.45, 2.75) is 24.7 Å². The summed E-state index contributed by atoms with van der Waals surface area (Å²) in [5.41, 5.74) is 2.64. The van der Waals surface area contributed by atoms with Crippen molar-refractivity contribution in [2.24, 2.45) is 5.92 Å². The molecule has 0 aliphatic carbocycles. The molecule has 0 bridgehead atoms. The number of anilines is 1. The molecule has 1 fully saturated rings. The van der Waals surface area contributed by atoms with Gasteiger partial charge in [-0.25, -0.2) is 9.78 Å². The van der Waals surface area contributed by atoms with Crippen LogP contribution in [0.15, 0.2) is 66.9 Å². The van der Waals surface area contributed by atoms with Gasteiger partial charge in [0.1, 0.15) is 21.5 Å². The van der Waals surface area contributed by atoms with Crippen molar-refractivity contribution in [2.75, 3.05) is 18.0 Å². The molecule has 1 aliphatic heterocycles. The maximum absolute atomic E-state index is 12.5. The van der Waals surface area contributed by atoms with Gasteiger partial charge in [-0.1, -0.05) is 30.3 Å². The number of carbonyl (C=O) groups is 1. The number of para-hydroxylation sites is 2. The Labute approximate surface area is 189 Å². The van der Waals surface area contributed by atoms with Gasteiger partial charge in [-0.05, 0) is 55.5 Å². The van der Waals surface area contributed by atoms with Crippen LogP contribution in [-0.2, 0) is 4.74 Å². The minimum Gasteiger partial charge on any atom is -0.474 e. The van der Waals surface area contributed by atoms with Crippen molar-refractivity contribution in [3.05, 3.63) is 72.4 Å². The fourth-order valence-corrected chi connectivity index (χ4v) is 4.70. The second-order valence-corrected chi connectivity index (χ2v) is 9.21. The summed E-state index contributed by atoms with van der Waals surface area (Å²) in [4.78, 5) is 24.3. The van der Waals surface area contributed by atoms with Gasteiger partial charge in [0.05, 0.1) is 16.6 Å². The average molecular weight is 424 g/mol. The first-order valence-corrected chi connectivity index (χ1v) is 11.3. The number of rotatable bonds is 5. The summed E-state index contributed by atoms with van der Waals surface area (Å²) in [5, 5.41) is -0.493. The number of carbonyl (C=O) groups excluding carboxylic acids is 1. The molecule has 2 aromatic carbocycles. The number of aromatic nitrogens is 3. The molecule has 160 valence electrons. The Morgan fingerprint density at radius 1 is 1.00 bits per heavy atom. The molecule has 0 radical (unpaired) electrons. The van der Waals surface area contributed by atoms with Crippen molar-refractivity contribution in [3.63, 3.8) is 0 Å². The molecule has 32 heavy (non-hydrogen) atoms. The van der Waals surface area contributed by atoms with Crippen LogP contribution in [0.1, 0.15) is 29.6 Å². The smallest absolute Gasteiger partial charge is 0.337 e. The number of benzene rings is 2. The molecule has 0 amide bonds. The lowest BCUT2D eigenvalue weighted by atomic mass is 9.60. The van der Waals surface area contributed by atoms with Crippen LogP contribution >= 0.6 is 0 Å². The summed E-state index contributed by atoms with van der Waals surface area (Å²) in [6.45, 7) is 1.88. The summed E-state index contributed by atoms with van der Waals surface area (Å²) in [7, 11) is 4.03. The molecule has 1 saturated heterocycles. The second-order valence-electron chi connectivity index (χ2n) is 9.21. The van der Waals surface area contributed by atoms with Crippen LogP contribution in [0.25, 0.3) is 16.8 Å². The monoisotopic (exact) mass is 424 g/mol. The summed E-state index contributed by atoms with van der Waals surface area (Å²) in [5.74, 6) is 1.97. The van der Waals surface area contributed by atoms with E-state index in [9.17, 15) is 4.79 Å². The molecule has 0 atom stereocenters. The van der Waals surface area contributed by atoms with Crippen LogP contribution in [0, 0.1) is 5.92 Å². The van der Waals surface area contributed by atoms with Crippen molar-refractivity contribution < 1.29 is 9.53 Å². The molecule has 6 nitrogen and oxygen atoms in total. The molecular weight excluding hydrogens is 398 g/mol. The van der Waals surface area contributed by atoms with E-state index in [1.54, 1.807) is 12.1 Å². The Balaban J connectivity index is 1.21. The summed E-state index contributed by atoms with van der Waals surface area (Å²) in [6, 6.07) is 19.4. The maximum Gasteiger partial charge on any atom is 0.337 e. The molecule has 4 aromatic rings. The number of hydrogen-bond donors (Lipinski definition) is 0. The minimum absolute atomic E-state index is 0.252. The summed E-state index contributed by atoms with van der Waals surface area (Å²) in [6.07, 6.45) is 5.02. The standard InChI is InChI=1S/C24H26B2N4O2/c25-24(26,32-22(31)18-6-2-1-3-7-18)16-17-10-13-29(14-11-17)21-12-15-30-20-9-5-4-8-19(20)27-23(30)28-21/h1-9,12,15,17H,10-11,13-14,16,25-26H2. The molecule has 5 rings (SSSR count). The number of ether oxygens (including phenoxy) is 1. The van der Waals surface area contributed by atoms with E-state index >= 15 is 0 Å². The zero-order chi connectivity index (χ0) is 22.1. The second kappa shape index (κ2) is 8.34. The molecule has 0 spiro atoms. The van der Waals surface area contributed by atoms with E-state index in [-0.39, 0.29) is 5.97 Å². The van der Waals surface area contributed by atoms with E-state index in [2.05, 4.69) is 28.2 Å². The van der Waals surface area contributed by atoms with Crippen LogP contribution in [0.3, 0.4) is 0 Å². The van der Waals surface area contributed by atoms with Crippen LogP contribution in [-0.4, -0.2) is 54.5 Å². The Bertz CT molecular complexity index is 1250. The normalized spacial score (nSPS) is 15.3. The predicted octanol–water partition coefficient (Wildman–Crippen LogP) is 2.27. The third-order valence-electron chi connectivity index (χ3n) is 6.26. The molecule has 3 heterocycles. The van der Waals surface area contributed by atoms with E-state index < -0.39 is 5.40 Å². The third kappa shape index (κ3) is 4.22.